The molecule has 0 spiro atoms. The van der Waals surface area contributed by atoms with Gasteiger partial charge in [0.15, 0.2) is 5.76 Å². The maximum atomic E-state index is 13.1. The van der Waals surface area contributed by atoms with Crippen LogP contribution in [0.3, 0.4) is 0 Å². The summed E-state index contributed by atoms with van der Waals surface area (Å²) in [7, 11) is 0. The molecule has 0 fully saturated rings. The first kappa shape index (κ1) is 23.3. The third-order valence-corrected chi connectivity index (χ3v) is 6.72. The van der Waals surface area contributed by atoms with Crippen LogP contribution >= 0.6 is 0 Å². The Labute approximate surface area is 206 Å². The van der Waals surface area contributed by atoms with Crippen LogP contribution in [-0.2, 0) is 27.2 Å². The maximum Gasteiger partial charge on any atom is 0.286 e. The Hall–Kier alpha value is -3.41. The summed E-state index contributed by atoms with van der Waals surface area (Å²) < 4.78 is 12.0. The van der Waals surface area contributed by atoms with E-state index >= 15 is 0 Å². The predicted octanol–water partition coefficient (Wildman–Crippen LogP) is 5.08. The molecule has 1 aliphatic heterocycles. The van der Waals surface area contributed by atoms with Crippen molar-refractivity contribution < 1.29 is 19.4 Å². The fraction of sp³-hybridized carbons (Fsp3) is 0.300. The molecular formula is C30H31NO4. The van der Waals surface area contributed by atoms with E-state index in [9.17, 15) is 4.79 Å². The van der Waals surface area contributed by atoms with E-state index in [1.807, 2.05) is 36.4 Å². The number of hydrogen-bond acceptors (Lipinski definition) is 4. The highest BCUT2D eigenvalue weighted by Crippen LogP contribution is 2.42. The van der Waals surface area contributed by atoms with Gasteiger partial charge in [-0.2, -0.15) is 0 Å². The number of aliphatic hydroxyl groups is 1. The molecule has 0 aromatic heterocycles. The molecule has 5 heteroatoms. The van der Waals surface area contributed by atoms with Crippen molar-refractivity contribution in [2.24, 2.45) is 0 Å². The van der Waals surface area contributed by atoms with Crippen LogP contribution in [0.15, 0.2) is 84.6 Å². The van der Waals surface area contributed by atoms with Crippen molar-refractivity contribution in [3.63, 3.8) is 0 Å². The van der Waals surface area contributed by atoms with Gasteiger partial charge in [-0.05, 0) is 58.7 Å². The highest BCUT2D eigenvalue weighted by atomic mass is 16.7. The van der Waals surface area contributed by atoms with E-state index in [-0.39, 0.29) is 18.4 Å². The van der Waals surface area contributed by atoms with Gasteiger partial charge in [-0.15, -0.1) is 0 Å². The van der Waals surface area contributed by atoms with Crippen molar-refractivity contribution in [3.8, 4) is 11.1 Å². The number of carbonyl (C=O) groups is 1. The standard InChI is InChI=1S/C30H31NO4/c32-15-6-7-16-34-29-19-23(18-28(35-29)30(33)31-20-21-9-2-1-3-10-21)25-13-8-14-26-24-12-5-4-11-22(24)17-27(25)26/h1-5,8-14,18,23,29,32H,6-7,15-17,19-20H2,(H,31,33). The molecule has 0 saturated heterocycles. The van der Waals surface area contributed by atoms with E-state index in [1.54, 1.807) is 0 Å². The van der Waals surface area contributed by atoms with Crippen molar-refractivity contribution in [3.05, 3.63) is 107 Å². The molecule has 0 bridgehead atoms. The highest BCUT2D eigenvalue weighted by Gasteiger charge is 2.31. The van der Waals surface area contributed by atoms with Crippen molar-refractivity contribution in [1.82, 2.24) is 5.32 Å². The molecule has 5 nitrogen and oxygen atoms in total. The Morgan fingerprint density at radius 3 is 2.63 bits per heavy atom. The Morgan fingerprint density at radius 2 is 1.77 bits per heavy atom. The zero-order chi connectivity index (χ0) is 24.0. The zero-order valence-electron chi connectivity index (χ0n) is 19.8. The number of rotatable bonds is 9. The average molecular weight is 470 g/mol. The smallest absolute Gasteiger partial charge is 0.286 e. The SMILES string of the molecule is O=C(NCc1ccccc1)C1=CC(c2cccc3c2Cc2ccccc2-3)CC(OCCCCO)O1. The first-order chi connectivity index (χ1) is 17.2. The topological polar surface area (TPSA) is 67.8 Å². The quantitative estimate of drug-likeness (QED) is 0.336. The van der Waals surface area contributed by atoms with E-state index in [0.29, 0.717) is 31.8 Å². The summed E-state index contributed by atoms with van der Waals surface area (Å²) in [4.78, 5) is 13.1. The van der Waals surface area contributed by atoms with Gasteiger partial charge in [-0.25, -0.2) is 0 Å². The second-order valence-electron chi connectivity index (χ2n) is 9.10. The van der Waals surface area contributed by atoms with Crippen LogP contribution in [-0.4, -0.2) is 30.5 Å². The van der Waals surface area contributed by atoms with Gasteiger partial charge in [0, 0.05) is 25.5 Å². The lowest BCUT2D eigenvalue weighted by Gasteiger charge is -2.30. The predicted molar refractivity (Wildman–Crippen MR) is 136 cm³/mol. The van der Waals surface area contributed by atoms with Crippen molar-refractivity contribution in [1.29, 1.82) is 0 Å². The third-order valence-electron chi connectivity index (χ3n) is 6.72. The van der Waals surface area contributed by atoms with Gasteiger partial charge in [0.1, 0.15) is 0 Å². The van der Waals surface area contributed by atoms with Crippen LogP contribution < -0.4 is 5.32 Å². The minimum atomic E-state index is -0.513. The first-order valence-electron chi connectivity index (χ1n) is 12.4. The van der Waals surface area contributed by atoms with Crippen molar-refractivity contribution in [2.75, 3.05) is 13.2 Å². The lowest BCUT2D eigenvalue weighted by Crippen LogP contribution is -2.33. The third kappa shape index (κ3) is 5.31. The second kappa shape index (κ2) is 10.9. The molecular weight excluding hydrogens is 438 g/mol. The average Bonchev–Trinajstić information content (AvgIpc) is 3.29. The van der Waals surface area contributed by atoms with Crippen LogP contribution in [0.4, 0.5) is 0 Å². The summed E-state index contributed by atoms with van der Waals surface area (Å²) in [5.74, 6) is 0.0733. The van der Waals surface area contributed by atoms with E-state index in [2.05, 4.69) is 47.8 Å². The Morgan fingerprint density at radius 1 is 0.971 bits per heavy atom. The fourth-order valence-electron chi connectivity index (χ4n) is 4.96. The van der Waals surface area contributed by atoms with Gasteiger partial charge in [0.2, 0.25) is 6.29 Å². The normalized spacial score (nSPS) is 18.3. The zero-order valence-corrected chi connectivity index (χ0v) is 19.8. The highest BCUT2D eigenvalue weighted by molar-refractivity contribution is 5.91. The van der Waals surface area contributed by atoms with Crippen molar-refractivity contribution in [2.45, 2.75) is 44.4 Å². The molecule has 35 heavy (non-hydrogen) atoms. The molecule has 1 amide bonds. The summed E-state index contributed by atoms with van der Waals surface area (Å²) in [5, 5.41) is 12.1. The van der Waals surface area contributed by atoms with Crippen LogP contribution in [0.25, 0.3) is 11.1 Å². The van der Waals surface area contributed by atoms with Crippen LogP contribution in [0, 0.1) is 0 Å². The maximum absolute atomic E-state index is 13.1. The summed E-state index contributed by atoms with van der Waals surface area (Å²) in [6, 6.07) is 24.8. The number of benzene rings is 3. The van der Waals surface area contributed by atoms with E-state index in [4.69, 9.17) is 14.6 Å². The number of aliphatic hydroxyl groups excluding tert-OH is 1. The minimum Gasteiger partial charge on any atom is -0.459 e. The Bertz CT molecular complexity index is 1200. The summed E-state index contributed by atoms with van der Waals surface area (Å²) >= 11 is 0. The number of carbonyl (C=O) groups excluding carboxylic acids is 1. The van der Waals surface area contributed by atoms with Gasteiger partial charge in [0.25, 0.3) is 5.91 Å². The molecule has 3 aromatic carbocycles. The summed E-state index contributed by atoms with van der Waals surface area (Å²) in [5.41, 5.74) is 7.47. The number of fused-ring (bicyclic) bond motifs is 3. The lowest BCUT2D eigenvalue weighted by atomic mass is 9.87. The molecule has 5 rings (SSSR count). The fourth-order valence-corrected chi connectivity index (χ4v) is 4.96. The van der Waals surface area contributed by atoms with Crippen LogP contribution in [0.1, 0.15) is 47.4 Å². The van der Waals surface area contributed by atoms with Gasteiger partial charge in [0.05, 0.1) is 6.61 Å². The number of hydrogen-bond donors (Lipinski definition) is 2. The van der Waals surface area contributed by atoms with Crippen LogP contribution in [0.2, 0.25) is 0 Å². The van der Waals surface area contributed by atoms with Gasteiger partial charge in [-0.1, -0.05) is 72.8 Å². The Kier molecular flexibility index (Phi) is 7.26. The van der Waals surface area contributed by atoms with Gasteiger partial charge in [-0.3, -0.25) is 4.79 Å². The molecule has 2 atom stereocenters. The number of allylic oxidation sites excluding steroid dienone is 1. The molecule has 2 unspecified atom stereocenters. The molecule has 2 N–H and O–H groups in total. The van der Waals surface area contributed by atoms with Gasteiger partial charge < -0.3 is 19.9 Å². The summed E-state index contributed by atoms with van der Waals surface area (Å²) in [6.07, 6.45) is 4.40. The number of nitrogens with one attached hydrogen (secondary N) is 1. The molecule has 1 aliphatic carbocycles. The molecule has 180 valence electrons. The minimum absolute atomic E-state index is 0.00771. The van der Waals surface area contributed by atoms with E-state index in [0.717, 1.165) is 18.4 Å². The van der Waals surface area contributed by atoms with Crippen molar-refractivity contribution >= 4 is 5.91 Å². The monoisotopic (exact) mass is 469 g/mol. The second-order valence-corrected chi connectivity index (χ2v) is 9.10. The molecule has 0 saturated carbocycles. The molecule has 1 heterocycles. The van der Waals surface area contributed by atoms with Gasteiger partial charge >= 0.3 is 0 Å². The van der Waals surface area contributed by atoms with Crippen LogP contribution in [0.5, 0.6) is 0 Å². The number of ether oxygens (including phenoxy) is 2. The van der Waals surface area contributed by atoms with E-state index in [1.165, 1.54) is 27.8 Å². The molecule has 2 aliphatic rings. The largest absolute Gasteiger partial charge is 0.459 e. The Balaban J connectivity index is 1.39. The molecule has 0 radical (unpaired) electrons. The van der Waals surface area contributed by atoms with E-state index < -0.39 is 6.29 Å². The number of amides is 1. The lowest BCUT2D eigenvalue weighted by molar-refractivity contribution is -0.146. The first-order valence-corrected chi connectivity index (χ1v) is 12.4. The summed E-state index contributed by atoms with van der Waals surface area (Å²) in [6.45, 7) is 1.06. The molecule has 3 aromatic rings. The number of unbranched alkanes of at least 4 members (excludes halogenated alkanes) is 1.